The lowest BCUT2D eigenvalue weighted by Gasteiger charge is -2.26. The van der Waals surface area contributed by atoms with Crippen LogP contribution in [0.5, 0.6) is 0 Å². The van der Waals surface area contributed by atoms with E-state index >= 15 is 0 Å². The maximum Gasteiger partial charge on any atom is 0.0606 e. The lowest BCUT2D eigenvalue weighted by Crippen LogP contribution is -2.04. The van der Waals surface area contributed by atoms with E-state index in [1.54, 1.807) is 0 Å². The van der Waals surface area contributed by atoms with Gasteiger partial charge in [0, 0.05) is 83.2 Å². The Labute approximate surface area is 415 Å². The fourth-order valence-corrected chi connectivity index (χ4v) is 14.5. The van der Waals surface area contributed by atoms with Gasteiger partial charge >= 0.3 is 0 Å². The normalized spacial score (nSPS) is 13.4. The van der Waals surface area contributed by atoms with Crippen LogP contribution in [-0.4, -0.2) is 4.98 Å². The number of rotatable bonds is 4. The Morgan fingerprint density at radius 3 is 0.797 bits per heavy atom. The first kappa shape index (κ1) is 39.6. The minimum atomic E-state index is 1.08. The quantitative estimate of drug-likeness (QED) is 0.120. The second-order valence-corrected chi connectivity index (χ2v) is 22.0. The van der Waals surface area contributed by atoms with Crippen molar-refractivity contribution in [1.29, 1.82) is 0 Å². The average Bonchev–Trinajstić information content (AvgIpc) is 3.75. The van der Waals surface area contributed by atoms with Crippen LogP contribution in [0.2, 0.25) is 0 Å². The van der Waals surface area contributed by atoms with E-state index in [4.69, 9.17) is 0 Å². The first-order valence-corrected chi connectivity index (χ1v) is 26.2. The second kappa shape index (κ2) is 15.6. The molecular weight excluding hydrogens is 919 g/mol. The summed E-state index contributed by atoms with van der Waals surface area (Å²) in [6.45, 7) is 0. The van der Waals surface area contributed by atoms with Gasteiger partial charge in [-0.3, -0.25) is 0 Å². The third-order valence-corrected chi connectivity index (χ3v) is 18.2. The van der Waals surface area contributed by atoms with E-state index < -0.39 is 0 Å². The lowest BCUT2D eigenvalue weighted by atomic mass is 9.89. The summed E-state index contributed by atoms with van der Waals surface area (Å²) >= 11 is 7.31. The molecule has 326 valence electrons. The number of aromatic amines is 1. The summed E-state index contributed by atoms with van der Waals surface area (Å²) in [5, 5.41) is 17.9. The average molecular weight is 956 g/mol. The zero-order valence-corrected chi connectivity index (χ0v) is 39.9. The van der Waals surface area contributed by atoms with Gasteiger partial charge in [0.15, 0.2) is 0 Å². The molecule has 11 aromatic rings. The number of nitrogens with one attached hydrogen (secondary N) is 5. The van der Waals surface area contributed by atoms with Gasteiger partial charge < -0.3 is 26.3 Å². The first-order valence-electron chi connectivity index (χ1n) is 23.0. The van der Waals surface area contributed by atoms with Crippen LogP contribution in [-0.2, 0) is 0 Å². The van der Waals surface area contributed by atoms with E-state index in [0.717, 1.165) is 89.9 Å². The van der Waals surface area contributed by atoms with Gasteiger partial charge in [-0.15, -0.1) is 0 Å². The molecule has 10 aromatic carbocycles. The SMILES string of the molecule is c1ccc2c(c1)Nc1c(cccc1-c1cc3[nH]c4cc(-c5cccc6c5Nc5ccccc5S6)c(-c5cccc6c5Nc5ccccc5S6)cc4c3cc1-c1cccc3c1Nc1ccccc1S3)S2. The molecule has 0 fully saturated rings. The van der Waals surface area contributed by atoms with E-state index in [9.17, 15) is 0 Å². The Morgan fingerprint density at radius 2 is 0.493 bits per heavy atom. The van der Waals surface area contributed by atoms with Crippen molar-refractivity contribution >= 4 is 114 Å². The first-order chi connectivity index (χ1) is 34.1. The van der Waals surface area contributed by atoms with Gasteiger partial charge in [0.1, 0.15) is 0 Å². The van der Waals surface area contributed by atoms with Gasteiger partial charge in [0.2, 0.25) is 0 Å². The fraction of sp³-hybridized carbons (Fsp3) is 0. The number of anilines is 8. The Balaban J connectivity index is 0.991. The summed E-state index contributed by atoms with van der Waals surface area (Å²) in [5.74, 6) is 0. The highest BCUT2D eigenvalue weighted by molar-refractivity contribution is 8.00. The minimum absolute atomic E-state index is 1.08. The molecule has 0 saturated carbocycles. The molecule has 69 heavy (non-hydrogen) atoms. The van der Waals surface area contributed by atoms with Gasteiger partial charge in [-0.2, -0.15) is 0 Å². The van der Waals surface area contributed by atoms with Crippen molar-refractivity contribution in [3.63, 3.8) is 0 Å². The van der Waals surface area contributed by atoms with Crippen molar-refractivity contribution < 1.29 is 0 Å². The molecule has 0 atom stereocenters. The molecule has 9 heteroatoms. The summed E-state index contributed by atoms with van der Waals surface area (Å²) in [7, 11) is 0. The van der Waals surface area contributed by atoms with Crippen molar-refractivity contribution in [2.45, 2.75) is 39.2 Å². The van der Waals surface area contributed by atoms with E-state index in [0.29, 0.717) is 0 Å². The molecule has 5 N–H and O–H groups in total. The number of aromatic nitrogens is 1. The third-order valence-electron chi connectivity index (χ3n) is 13.6. The second-order valence-electron chi connectivity index (χ2n) is 17.6. The van der Waals surface area contributed by atoms with Crippen LogP contribution in [0.3, 0.4) is 0 Å². The van der Waals surface area contributed by atoms with Gasteiger partial charge in [0.25, 0.3) is 0 Å². The Kier molecular flexibility index (Phi) is 8.93. The molecule has 15 rings (SSSR count). The summed E-state index contributed by atoms with van der Waals surface area (Å²) < 4.78 is 0. The summed E-state index contributed by atoms with van der Waals surface area (Å²) in [4.78, 5) is 13.8. The number of fused-ring (bicyclic) bond motifs is 11. The smallest absolute Gasteiger partial charge is 0.0606 e. The van der Waals surface area contributed by atoms with Crippen molar-refractivity contribution in [3.05, 3.63) is 194 Å². The van der Waals surface area contributed by atoms with Gasteiger partial charge in [-0.25, -0.2) is 0 Å². The Hall–Kier alpha value is -7.40. The van der Waals surface area contributed by atoms with Crippen molar-refractivity contribution in [3.8, 4) is 44.5 Å². The topological polar surface area (TPSA) is 63.9 Å². The summed E-state index contributed by atoms with van der Waals surface area (Å²) in [6, 6.07) is 71.0. The van der Waals surface area contributed by atoms with E-state index in [1.807, 2.05) is 47.0 Å². The van der Waals surface area contributed by atoms with Gasteiger partial charge in [-0.1, -0.05) is 144 Å². The molecule has 4 aliphatic heterocycles. The van der Waals surface area contributed by atoms with Crippen LogP contribution in [0.15, 0.2) is 233 Å². The van der Waals surface area contributed by atoms with Crippen LogP contribution in [0.1, 0.15) is 0 Å². The largest absolute Gasteiger partial charge is 0.354 e. The van der Waals surface area contributed by atoms with Gasteiger partial charge in [-0.05, 0) is 119 Å². The predicted octanol–water partition coefficient (Wildman–Crippen LogP) is 18.8. The molecular formula is C60H37N5S4. The number of benzene rings is 10. The molecule has 0 unspecified atom stereocenters. The number of H-pyrrole nitrogens is 1. The number of hydrogen-bond donors (Lipinski definition) is 5. The van der Waals surface area contributed by atoms with E-state index in [1.165, 1.54) is 61.1 Å². The monoisotopic (exact) mass is 955 g/mol. The molecule has 0 spiro atoms. The van der Waals surface area contributed by atoms with E-state index in [-0.39, 0.29) is 0 Å². The van der Waals surface area contributed by atoms with Crippen LogP contribution in [0.4, 0.5) is 45.5 Å². The van der Waals surface area contributed by atoms with Crippen LogP contribution in [0.25, 0.3) is 66.3 Å². The highest BCUT2D eigenvalue weighted by atomic mass is 32.2. The predicted molar refractivity (Wildman–Crippen MR) is 293 cm³/mol. The zero-order chi connectivity index (χ0) is 45.2. The van der Waals surface area contributed by atoms with Crippen LogP contribution < -0.4 is 21.3 Å². The van der Waals surface area contributed by atoms with Crippen molar-refractivity contribution in [1.82, 2.24) is 4.98 Å². The minimum Gasteiger partial charge on any atom is -0.354 e. The molecule has 5 heterocycles. The molecule has 4 aliphatic rings. The fourth-order valence-electron chi connectivity index (χ4n) is 10.4. The van der Waals surface area contributed by atoms with Crippen molar-refractivity contribution in [2.75, 3.05) is 21.3 Å². The third kappa shape index (κ3) is 6.38. The maximum absolute atomic E-state index is 4.01. The van der Waals surface area contributed by atoms with Crippen LogP contribution >= 0.6 is 47.0 Å². The van der Waals surface area contributed by atoms with Gasteiger partial charge in [0.05, 0.1) is 45.5 Å². The Bertz CT molecular complexity index is 3750. The molecule has 0 radical (unpaired) electrons. The zero-order valence-electron chi connectivity index (χ0n) is 36.6. The molecule has 5 nitrogen and oxygen atoms in total. The molecule has 0 saturated heterocycles. The number of para-hydroxylation sites is 8. The molecule has 0 amide bonds. The summed E-state index contributed by atoms with van der Waals surface area (Å²) in [6.07, 6.45) is 0. The summed E-state index contributed by atoms with van der Waals surface area (Å²) in [5.41, 5.74) is 20.5. The highest BCUT2D eigenvalue weighted by Crippen LogP contribution is 2.56. The standard InChI is InChI=1S/C60H37N5S4/c1-5-21-49-43(17-1)62-57-33(13-9-25-53(57)66-49)37-29-41-42-30-38(34-14-10-26-54-58(34)63-44-18-2-6-22-50(44)67-54)40(36-16-12-28-56-60(36)65-46-20-4-8-24-52(46)69-56)32-48(42)61-47(41)31-39(37)35-15-11-27-55-59(35)64-45-19-3-7-23-51(45)68-55/h1-32,61-65H. The van der Waals surface area contributed by atoms with Crippen molar-refractivity contribution in [2.24, 2.45) is 0 Å². The molecule has 0 bridgehead atoms. The van der Waals surface area contributed by atoms with Crippen LogP contribution in [0, 0.1) is 0 Å². The van der Waals surface area contributed by atoms with E-state index in [2.05, 4.69) is 220 Å². The maximum atomic E-state index is 4.01. The Morgan fingerprint density at radius 1 is 0.232 bits per heavy atom. The lowest BCUT2D eigenvalue weighted by molar-refractivity contribution is 1.31. The number of hydrogen-bond acceptors (Lipinski definition) is 8. The molecule has 1 aromatic heterocycles. The highest BCUT2D eigenvalue weighted by Gasteiger charge is 2.28. The molecule has 0 aliphatic carbocycles.